The third-order valence-electron chi connectivity index (χ3n) is 3.09. The number of rotatable bonds is 2. The summed E-state index contributed by atoms with van der Waals surface area (Å²) in [7, 11) is 0. The third kappa shape index (κ3) is 3.63. The monoisotopic (exact) mass is 270 g/mol. The van der Waals surface area contributed by atoms with Crippen LogP contribution in [0, 0.1) is 10.8 Å². The van der Waals surface area contributed by atoms with E-state index in [0.29, 0.717) is 0 Å². The molecular weight excluding hydrogens is 244 g/mol. The Kier molecular flexibility index (Phi) is 4.01. The topological polar surface area (TPSA) is 52.6 Å². The first-order valence-electron chi connectivity index (χ1n) is 6.70. The Morgan fingerprint density at radius 3 is 1.26 bits per heavy atom. The second-order valence-electron chi connectivity index (χ2n) is 7.71. The van der Waals surface area contributed by atoms with Crippen molar-refractivity contribution >= 4 is 11.6 Å². The van der Waals surface area contributed by atoms with E-state index in [0.717, 1.165) is 0 Å². The molecule has 1 aliphatic rings. The van der Waals surface area contributed by atoms with Crippen LogP contribution in [-0.2, 0) is 19.1 Å². The molecule has 0 saturated carbocycles. The van der Waals surface area contributed by atoms with Crippen LogP contribution in [-0.4, -0.2) is 29.6 Å². The smallest absolute Gasteiger partial charge is 0.170 e. The highest BCUT2D eigenvalue weighted by Gasteiger charge is 2.52. The molecule has 110 valence electrons. The number of ether oxygens (including phenoxy) is 2. The first kappa shape index (κ1) is 16.3. The van der Waals surface area contributed by atoms with E-state index in [1.165, 1.54) is 0 Å². The molecule has 4 nitrogen and oxygen atoms in total. The van der Waals surface area contributed by atoms with Crippen LogP contribution >= 0.6 is 0 Å². The molecule has 19 heavy (non-hydrogen) atoms. The molecule has 1 rings (SSSR count). The lowest BCUT2D eigenvalue weighted by molar-refractivity contribution is -0.162. The fourth-order valence-electron chi connectivity index (χ4n) is 2.00. The van der Waals surface area contributed by atoms with Gasteiger partial charge in [0.2, 0.25) is 0 Å². The van der Waals surface area contributed by atoms with Gasteiger partial charge in [-0.15, -0.1) is 0 Å². The van der Waals surface area contributed by atoms with Gasteiger partial charge in [0.05, 0.1) is 0 Å². The SMILES string of the molecule is CC1(C)OC(C(=O)C(C)(C)C)[C@H](C(=O)C(C)(C)C)O1. The molecule has 0 radical (unpaired) electrons. The number of carbonyl (C=O) groups excluding carboxylic acids is 2. The van der Waals surface area contributed by atoms with Crippen molar-refractivity contribution in [1.82, 2.24) is 0 Å². The van der Waals surface area contributed by atoms with Crippen molar-refractivity contribution in [2.75, 3.05) is 0 Å². The molecule has 1 unspecified atom stereocenters. The van der Waals surface area contributed by atoms with Gasteiger partial charge in [0, 0.05) is 10.8 Å². The van der Waals surface area contributed by atoms with Crippen LogP contribution in [0.3, 0.4) is 0 Å². The summed E-state index contributed by atoms with van der Waals surface area (Å²) in [4.78, 5) is 24.9. The Bertz CT molecular complexity index is 346. The molecule has 0 aliphatic carbocycles. The van der Waals surface area contributed by atoms with E-state index >= 15 is 0 Å². The van der Waals surface area contributed by atoms with Gasteiger partial charge in [-0.25, -0.2) is 0 Å². The molecular formula is C15H26O4. The van der Waals surface area contributed by atoms with Crippen LogP contribution in [0.15, 0.2) is 0 Å². The van der Waals surface area contributed by atoms with Gasteiger partial charge in [0.15, 0.2) is 29.6 Å². The van der Waals surface area contributed by atoms with Crippen LogP contribution in [0.1, 0.15) is 55.4 Å². The molecule has 0 spiro atoms. The molecule has 0 aromatic heterocycles. The summed E-state index contributed by atoms with van der Waals surface area (Å²) in [6.45, 7) is 14.4. The van der Waals surface area contributed by atoms with E-state index in [9.17, 15) is 9.59 Å². The van der Waals surface area contributed by atoms with Crippen LogP contribution < -0.4 is 0 Å². The van der Waals surface area contributed by atoms with E-state index in [4.69, 9.17) is 9.47 Å². The van der Waals surface area contributed by atoms with Crippen molar-refractivity contribution in [1.29, 1.82) is 0 Å². The van der Waals surface area contributed by atoms with Gasteiger partial charge in [0.1, 0.15) is 0 Å². The van der Waals surface area contributed by atoms with E-state index in [-0.39, 0.29) is 11.6 Å². The van der Waals surface area contributed by atoms with Gasteiger partial charge in [-0.1, -0.05) is 41.5 Å². The molecule has 0 N–H and O–H groups in total. The van der Waals surface area contributed by atoms with Crippen molar-refractivity contribution in [3.8, 4) is 0 Å². The first-order valence-corrected chi connectivity index (χ1v) is 6.70. The highest BCUT2D eigenvalue weighted by Crippen LogP contribution is 2.36. The predicted octanol–water partition coefficient (Wildman–Crippen LogP) is 2.74. The minimum Gasteiger partial charge on any atom is -0.336 e. The molecule has 1 heterocycles. The number of hydrogen-bond acceptors (Lipinski definition) is 4. The molecule has 4 heteroatoms. The zero-order valence-corrected chi connectivity index (χ0v) is 13.3. The highest BCUT2D eigenvalue weighted by atomic mass is 16.8. The van der Waals surface area contributed by atoms with Gasteiger partial charge >= 0.3 is 0 Å². The Morgan fingerprint density at radius 2 is 1.05 bits per heavy atom. The Hall–Kier alpha value is -0.740. The Morgan fingerprint density at radius 1 is 0.789 bits per heavy atom. The quantitative estimate of drug-likeness (QED) is 0.774. The largest absolute Gasteiger partial charge is 0.336 e. The summed E-state index contributed by atoms with van der Waals surface area (Å²) in [5, 5.41) is 0. The first-order chi connectivity index (χ1) is 8.26. The summed E-state index contributed by atoms with van der Waals surface area (Å²) in [6.07, 6.45) is -1.64. The maximum atomic E-state index is 12.4. The average molecular weight is 270 g/mol. The van der Waals surface area contributed by atoms with Crippen molar-refractivity contribution in [2.24, 2.45) is 10.8 Å². The lowest BCUT2D eigenvalue weighted by Gasteiger charge is -2.26. The lowest BCUT2D eigenvalue weighted by atomic mass is 9.80. The number of Topliss-reactive ketones (excluding diaryl/α,β-unsaturated/α-hetero) is 2. The van der Waals surface area contributed by atoms with E-state index in [2.05, 4.69) is 0 Å². The highest BCUT2D eigenvalue weighted by molar-refractivity contribution is 5.97. The normalized spacial score (nSPS) is 27.4. The van der Waals surface area contributed by atoms with Crippen LogP contribution in [0.25, 0.3) is 0 Å². The molecule has 0 aromatic rings. The zero-order valence-electron chi connectivity index (χ0n) is 13.3. The van der Waals surface area contributed by atoms with Crippen molar-refractivity contribution in [2.45, 2.75) is 73.4 Å². The molecule has 2 atom stereocenters. The summed E-state index contributed by atoms with van der Waals surface area (Å²) in [5.74, 6) is -1.10. The van der Waals surface area contributed by atoms with Gasteiger partial charge in [-0.2, -0.15) is 0 Å². The molecule has 0 bridgehead atoms. The molecule has 1 aliphatic heterocycles. The van der Waals surface area contributed by atoms with Crippen LogP contribution in [0.2, 0.25) is 0 Å². The van der Waals surface area contributed by atoms with Crippen molar-refractivity contribution < 1.29 is 19.1 Å². The minimum absolute atomic E-state index is 0.0966. The van der Waals surface area contributed by atoms with Crippen LogP contribution in [0.4, 0.5) is 0 Å². The van der Waals surface area contributed by atoms with Gasteiger partial charge in [-0.05, 0) is 13.8 Å². The summed E-state index contributed by atoms with van der Waals surface area (Å²) in [5.41, 5.74) is -1.13. The second-order valence-corrected chi connectivity index (χ2v) is 7.71. The van der Waals surface area contributed by atoms with Crippen LogP contribution in [0.5, 0.6) is 0 Å². The summed E-state index contributed by atoms with van der Waals surface area (Å²) >= 11 is 0. The summed E-state index contributed by atoms with van der Waals surface area (Å²) in [6, 6.07) is 0. The third-order valence-corrected chi connectivity index (χ3v) is 3.09. The second kappa shape index (κ2) is 4.67. The number of carbonyl (C=O) groups is 2. The van der Waals surface area contributed by atoms with E-state index in [1.807, 2.05) is 41.5 Å². The van der Waals surface area contributed by atoms with Crippen molar-refractivity contribution in [3.63, 3.8) is 0 Å². The van der Waals surface area contributed by atoms with Gasteiger partial charge in [-0.3, -0.25) is 9.59 Å². The van der Waals surface area contributed by atoms with Gasteiger partial charge < -0.3 is 9.47 Å². The molecule has 1 saturated heterocycles. The van der Waals surface area contributed by atoms with Gasteiger partial charge in [0.25, 0.3) is 0 Å². The number of hydrogen-bond donors (Lipinski definition) is 0. The summed E-state index contributed by atoms with van der Waals surface area (Å²) < 4.78 is 11.3. The standard InChI is InChI=1S/C15H26O4/c1-13(2,3)11(16)9-10(12(17)14(4,5)6)19-15(7,8)18-9/h9-10H,1-8H3/t9-,10?/m1/s1. The number of ketones is 2. The lowest BCUT2D eigenvalue weighted by Crippen LogP contribution is -2.46. The molecule has 0 aromatic carbocycles. The predicted molar refractivity (Wildman–Crippen MR) is 72.7 cm³/mol. The van der Waals surface area contributed by atoms with Crippen molar-refractivity contribution in [3.05, 3.63) is 0 Å². The maximum absolute atomic E-state index is 12.4. The maximum Gasteiger partial charge on any atom is 0.170 e. The van der Waals surface area contributed by atoms with E-state index in [1.54, 1.807) is 13.8 Å². The molecule has 0 amide bonds. The fraction of sp³-hybridized carbons (Fsp3) is 0.867. The Balaban J connectivity index is 3.08. The van der Waals surface area contributed by atoms with E-state index < -0.39 is 28.8 Å². The Labute approximate surface area is 115 Å². The fourth-order valence-corrected chi connectivity index (χ4v) is 2.00. The zero-order chi connectivity index (χ0) is 15.2. The average Bonchev–Trinajstić information content (AvgIpc) is 2.49. The minimum atomic E-state index is -0.906. The molecule has 1 fully saturated rings.